The van der Waals surface area contributed by atoms with Gasteiger partial charge in [-0.3, -0.25) is 14.3 Å². The predicted molar refractivity (Wildman–Crippen MR) is 187 cm³/mol. The van der Waals surface area contributed by atoms with Crippen molar-refractivity contribution < 1.29 is 28.0 Å². The van der Waals surface area contributed by atoms with Crippen LogP contribution in [0.25, 0.3) is 0 Å². The fourth-order valence-electron chi connectivity index (χ4n) is 5.62. The minimum atomic E-state index is -3.14. The van der Waals surface area contributed by atoms with Gasteiger partial charge < -0.3 is 28.0 Å². The van der Waals surface area contributed by atoms with Crippen molar-refractivity contribution in [2.45, 2.75) is 43.8 Å². The Morgan fingerprint density at radius 3 is 2.15 bits per heavy atom. The fourth-order valence-corrected chi connectivity index (χ4v) is 7.73. The Labute approximate surface area is 288 Å². The Balaban J connectivity index is 1.57. The second-order valence-corrected chi connectivity index (χ2v) is 16.3. The molecule has 2 heterocycles. The van der Waals surface area contributed by atoms with Gasteiger partial charge >= 0.3 is 5.69 Å². The van der Waals surface area contributed by atoms with E-state index in [-0.39, 0.29) is 26.1 Å². The van der Waals surface area contributed by atoms with Crippen molar-refractivity contribution >= 4 is 29.7 Å². The first kappa shape index (κ1) is 35.6. The van der Waals surface area contributed by atoms with Crippen LogP contribution in [-0.2, 0) is 35.9 Å². The number of thiol groups is 1. The summed E-state index contributed by atoms with van der Waals surface area (Å²) in [4.78, 5) is 27.3. The lowest BCUT2D eigenvalue weighted by atomic mass is 9.80. The van der Waals surface area contributed by atoms with Crippen LogP contribution in [0.2, 0.25) is 0 Å². The molecule has 0 aliphatic carbocycles. The number of nitrogens with one attached hydrogen (secondary N) is 1. The number of ether oxygens (including phenoxy) is 4. The standard InChI is InChI=1S/C34H36N3O8PS2/c1-23-21-37(33(39)36-32(23)38)31-20-29(45-46(47,48)43-19-7-18-35)30(44-31)22-42-34(24-8-5-4-6-9-24,25-10-14-27(40-2)15-11-25)26-12-16-28(41-3)17-13-26/h4-6,8-17,21,29-31H,7,19-20,22H2,1-3H3,(H,47,48)(H,36,38,39). The average Bonchev–Trinajstić information content (AvgIpc) is 3.48. The molecule has 1 saturated heterocycles. The second kappa shape index (κ2) is 15.7. The lowest BCUT2D eigenvalue weighted by Gasteiger charge is -2.37. The van der Waals surface area contributed by atoms with Gasteiger partial charge in [-0.15, -0.1) is 0 Å². The van der Waals surface area contributed by atoms with Gasteiger partial charge in [0.05, 0.1) is 46.0 Å². The third-order valence-electron chi connectivity index (χ3n) is 8.01. The van der Waals surface area contributed by atoms with E-state index in [9.17, 15) is 9.59 Å². The van der Waals surface area contributed by atoms with Crippen molar-refractivity contribution in [2.75, 3.05) is 27.4 Å². The summed E-state index contributed by atoms with van der Waals surface area (Å²) >= 11 is 10.1. The molecule has 0 spiro atoms. The SMILES string of the molecule is COc1ccc(C(OCC2OC(n3cc(C)c(=O)[nH]c3=O)CC2OP(=S)(S)OCCC#N)(c2ccccc2)c2ccc(OC)cc2)cc1. The molecule has 48 heavy (non-hydrogen) atoms. The van der Waals surface area contributed by atoms with Crippen molar-refractivity contribution in [3.63, 3.8) is 0 Å². The number of nitriles is 1. The van der Waals surface area contributed by atoms with E-state index in [1.54, 1.807) is 21.1 Å². The van der Waals surface area contributed by atoms with Crippen molar-refractivity contribution in [1.82, 2.24) is 9.55 Å². The zero-order chi connectivity index (χ0) is 34.3. The van der Waals surface area contributed by atoms with E-state index in [1.165, 1.54) is 10.8 Å². The smallest absolute Gasteiger partial charge is 0.330 e. The highest BCUT2D eigenvalue weighted by atomic mass is 32.9. The first-order valence-electron chi connectivity index (χ1n) is 15.1. The van der Waals surface area contributed by atoms with E-state index >= 15 is 0 Å². The second-order valence-electron chi connectivity index (χ2n) is 11.0. The van der Waals surface area contributed by atoms with Crippen LogP contribution in [0.4, 0.5) is 0 Å². The van der Waals surface area contributed by atoms with Crippen LogP contribution < -0.4 is 20.7 Å². The molecular formula is C34H36N3O8PS2. The van der Waals surface area contributed by atoms with Crippen LogP contribution in [0, 0.1) is 18.3 Å². The van der Waals surface area contributed by atoms with E-state index in [2.05, 4.69) is 17.2 Å². The summed E-state index contributed by atoms with van der Waals surface area (Å²) in [6.07, 6.45) is -0.545. The van der Waals surface area contributed by atoms with Gasteiger partial charge in [0.1, 0.15) is 29.4 Å². The Hall–Kier alpha value is -3.73. The Morgan fingerprint density at radius 2 is 1.58 bits per heavy atom. The number of nitrogens with zero attached hydrogens (tertiary/aromatic N) is 2. The fraction of sp³-hybridized carbons (Fsp3) is 0.324. The maximum atomic E-state index is 12.9. The molecule has 0 amide bonds. The number of benzene rings is 3. The molecule has 252 valence electrons. The number of aromatic nitrogens is 2. The quantitative estimate of drug-likeness (QED) is 0.0735. The molecule has 14 heteroatoms. The molecule has 4 unspecified atom stereocenters. The average molecular weight is 710 g/mol. The molecule has 1 aliphatic rings. The topological polar surface area (TPSA) is 134 Å². The normalized spacial score (nSPS) is 18.9. The maximum absolute atomic E-state index is 12.9. The van der Waals surface area contributed by atoms with Crippen LogP contribution in [0.1, 0.15) is 41.3 Å². The molecule has 4 aromatic rings. The molecule has 1 aromatic heterocycles. The van der Waals surface area contributed by atoms with Crippen LogP contribution in [0.3, 0.4) is 0 Å². The van der Waals surface area contributed by atoms with Crippen molar-refractivity contribution in [3.05, 3.63) is 128 Å². The minimum Gasteiger partial charge on any atom is -0.497 e. The first-order chi connectivity index (χ1) is 23.1. The number of aryl methyl sites for hydroxylation is 1. The number of rotatable bonds is 14. The molecule has 1 fully saturated rings. The van der Waals surface area contributed by atoms with Gasteiger partial charge in [0.25, 0.3) is 5.56 Å². The summed E-state index contributed by atoms with van der Waals surface area (Å²) < 4.78 is 37.7. The molecule has 1 N–H and O–H groups in total. The van der Waals surface area contributed by atoms with E-state index in [0.29, 0.717) is 17.1 Å². The van der Waals surface area contributed by atoms with E-state index in [4.69, 9.17) is 45.1 Å². The predicted octanol–water partition coefficient (Wildman–Crippen LogP) is 5.63. The maximum Gasteiger partial charge on any atom is 0.330 e. The molecule has 4 atom stereocenters. The zero-order valence-corrected chi connectivity index (χ0v) is 29.2. The molecule has 0 bridgehead atoms. The van der Waals surface area contributed by atoms with E-state index < -0.39 is 41.0 Å². The summed E-state index contributed by atoms with van der Waals surface area (Å²) in [5.74, 6) is 1.37. The lowest BCUT2D eigenvalue weighted by Crippen LogP contribution is -2.38. The van der Waals surface area contributed by atoms with Gasteiger partial charge in [0.2, 0.25) is 5.69 Å². The van der Waals surface area contributed by atoms with Gasteiger partial charge in [-0.05, 0) is 59.7 Å². The Morgan fingerprint density at radius 1 is 1.00 bits per heavy atom. The number of methoxy groups -OCH3 is 2. The van der Waals surface area contributed by atoms with Gasteiger partial charge in [0, 0.05) is 18.2 Å². The minimum absolute atomic E-state index is 0.0213. The molecular weight excluding hydrogens is 673 g/mol. The van der Waals surface area contributed by atoms with Crippen LogP contribution >= 0.6 is 17.9 Å². The summed E-state index contributed by atoms with van der Waals surface area (Å²) in [6.45, 7) is 1.64. The Kier molecular flexibility index (Phi) is 11.6. The van der Waals surface area contributed by atoms with Crippen molar-refractivity contribution in [1.29, 1.82) is 5.26 Å². The largest absolute Gasteiger partial charge is 0.497 e. The first-order valence-corrected chi connectivity index (χ1v) is 18.9. The molecule has 3 aromatic carbocycles. The Bertz CT molecular complexity index is 1850. The van der Waals surface area contributed by atoms with Crippen LogP contribution in [0.5, 0.6) is 11.5 Å². The van der Waals surface area contributed by atoms with Gasteiger partial charge in [-0.25, -0.2) is 4.79 Å². The zero-order valence-electron chi connectivity index (χ0n) is 26.6. The van der Waals surface area contributed by atoms with Crippen LogP contribution in [0.15, 0.2) is 94.6 Å². The van der Waals surface area contributed by atoms with Gasteiger partial charge in [-0.2, -0.15) is 5.26 Å². The van der Waals surface area contributed by atoms with Gasteiger partial charge in [-0.1, -0.05) is 66.8 Å². The lowest BCUT2D eigenvalue weighted by molar-refractivity contribution is -0.0915. The third kappa shape index (κ3) is 7.93. The monoisotopic (exact) mass is 709 g/mol. The van der Waals surface area contributed by atoms with Gasteiger partial charge in [0.15, 0.2) is 0 Å². The number of H-pyrrole nitrogens is 1. The molecule has 1 aliphatic heterocycles. The summed E-state index contributed by atoms with van der Waals surface area (Å²) in [7, 11) is 3.21. The van der Waals surface area contributed by atoms with E-state index in [1.807, 2.05) is 84.9 Å². The molecule has 11 nitrogen and oxygen atoms in total. The highest BCUT2D eigenvalue weighted by molar-refractivity contribution is 8.60. The highest BCUT2D eigenvalue weighted by Crippen LogP contribution is 2.56. The molecule has 5 rings (SSSR count). The molecule has 0 radical (unpaired) electrons. The third-order valence-corrected chi connectivity index (χ3v) is 10.3. The number of aromatic amines is 1. The highest BCUT2D eigenvalue weighted by Gasteiger charge is 2.44. The van der Waals surface area contributed by atoms with E-state index in [0.717, 1.165) is 16.7 Å². The summed E-state index contributed by atoms with van der Waals surface area (Å²) in [5, 5.41) is 8.98. The number of hydrogen-bond acceptors (Lipinski definition) is 10. The summed E-state index contributed by atoms with van der Waals surface area (Å²) in [6, 6.07) is 27.1. The van der Waals surface area contributed by atoms with Crippen molar-refractivity contribution in [3.8, 4) is 17.6 Å². The number of hydrogen-bond donors (Lipinski definition) is 2. The van der Waals surface area contributed by atoms with Crippen molar-refractivity contribution in [2.24, 2.45) is 0 Å². The van der Waals surface area contributed by atoms with Crippen LogP contribution in [-0.4, -0.2) is 49.2 Å². The molecule has 0 saturated carbocycles. The summed E-state index contributed by atoms with van der Waals surface area (Å²) in [5.41, 5.74) is -2.57.